The van der Waals surface area contributed by atoms with Crippen LogP contribution in [0.1, 0.15) is 30.0 Å². The van der Waals surface area contributed by atoms with Crippen molar-refractivity contribution >= 4 is 28.3 Å². The van der Waals surface area contributed by atoms with E-state index in [0.717, 1.165) is 39.9 Å². The van der Waals surface area contributed by atoms with Crippen LogP contribution in [0.4, 0.5) is 5.69 Å². The molecule has 0 radical (unpaired) electrons. The highest BCUT2D eigenvalue weighted by Gasteiger charge is 2.18. The van der Waals surface area contributed by atoms with Crippen molar-refractivity contribution in [2.45, 2.75) is 18.9 Å². The fourth-order valence-electron chi connectivity index (χ4n) is 2.56. The zero-order valence-electron chi connectivity index (χ0n) is 13.9. The Kier molecular flexibility index (Phi) is 5.76. The quantitative estimate of drug-likeness (QED) is 0.622. The van der Waals surface area contributed by atoms with Gasteiger partial charge in [-0.05, 0) is 35.8 Å². The molecule has 0 bridgehead atoms. The number of nitrogens with zero attached hydrogens (tertiary/aromatic N) is 2. The molecule has 1 aliphatic rings. The molecule has 126 valence electrons. The minimum absolute atomic E-state index is 0.0199. The predicted molar refractivity (Wildman–Crippen MR) is 106 cm³/mol. The third-order valence-corrected chi connectivity index (χ3v) is 4.83. The summed E-state index contributed by atoms with van der Waals surface area (Å²) in [5.74, 6) is 0.871. The number of hydrogen-bond donors (Lipinski definition) is 2. The minimum atomic E-state index is -0.0199. The molecule has 5 heteroatoms. The van der Waals surface area contributed by atoms with Crippen molar-refractivity contribution in [2.24, 2.45) is 4.99 Å². The Morgan fingerprint density at radius 2 is 1.88 bits per heavy atom. The molecule has 0 saturated heterocycles. The van der Waals surface area contributed by atoms with Gasteiger partial charge in [-0.1, -0.05) is 54.2 Å². The molecule has 1 aliphatic heterocycles. The molecule has 0 saturated carbocycles. The maximum Gasteiger partial charge on any atom is 0.161 e. The Morgan fingerprint density at radius 3 is 2.60 bits per heavy atom. The van der Waals surface area contributed by atoms with Crippen molar-refractivity contribution in [3.05, 3.63) is 71.8 Å². The van der Waals surface area contributed by atoms with Gasteiger partial charge in [0.2, 0.25) is 0 Å². The number of unbranched alkanes of at least 4 members (excludes halogenated alkanes) is 1. The highest BCUT2D eigenvalue weighted by atomic mass is 32.2. The van der Waals surface area contributed by atoms with Crippen molar-refractivity contribution in [3.63, 3.8) is 0 Å². The van der Waals surface area contributed by atoms with Crippen molar-refractivity contribution in [3.8, 4) is 6.07 Å². The lowest BCUT2D eigenvalue weighted by atomic mass is 10.0. The van der Waals surface area contributed by atoms with Crippen LogP contribution in [0.25, 0.3) is 5.70 Å². The van der Waals surface area contributed by atoms with E-state index in [1.165, 1.54) is 0 Å². The maximum atomic E-state index is 8.68. The molecule has 0 aromatic heterocycles. The van der Waals surface area contributed by atoms with Crippen LogP contribution in [0.15, 0.2) is 65.7 Å². The van der Waals surface area contributed by atoms with Crippen molar-refractivity contribution in [1.82, 2.24) is 5.32 Å². The van der Waals surface area contributed by atoms with E-state index in [4.69, 9.17) is 16.0 Å². The van der Waals surface area contributed by atoms with Crippen LogP contribution in [-0.2, 0) is 0 Å². The first-order valence-electron chi connectivity index (χ1n) is 8.23. The van der Waals surface area contributed by atoms with Crippen molar-refractivity contribution in [2.75, 3.05) is 11.5 Å². The summed E-state index contributed by atoms with van der Waals surface area (Å²) in [5, 5.41) is 13.0. The molecule has 3 N–H and O–H groups in total. The van der Waals surface area contributed by atoms with Gasteiger partial charge in [0, 0.05) is 23.6 Å². The van der Waals surface area contributed by atoms with E-state index in [0.29, 0.717) is 6.42 Å². The van der Waals surface area contributed by atoms with Crippen molar-refractivity contribution in [1.29, 1.82) is 5.26 Å². The van der Waals surface area contributed by atoms with Crippen LogP contribution in [0.5, 0.6) is 0 Å². The second-order valence-electron chi connectivity index (χ2n) is 5.73. The third kappa shape index (κ3) is 4.65. The van der Waals surface area contributed by atoms with E-state index in [1.807, 2.05) is 42.5 Å². The number of benzene rings is 2. The SMILES string of the molecule is N#CCCCSC1=NC(c2ccccc2)C=C(c2ccc(N)cc2)N1. The molecule has 2 aromatic rings. The molecule has 2 aromatic carbocycles. The highest BCUT2D eigenvalue weighted by molar-refractivity contribution is 8.13. The molecule has 0 aliphatic carbocycles. The number of nitrogen functional groups attached to an aromatic ring is 1. The zero-order valence-corrected chi connectivity index (χ0v) is 14.7. The van der Waals surface area contributed by atoms with Gasteiger partial charge in [0.05, 0.1) is 12.1 Å². The molecule has 1 unspecified atom stereocenters. The Hall–Kier alpha value is -2.71. The second kappa shape index (κ2) is 8.41. The monoisotopic (exact) mass is 348 g/mol. The van der Waals surface area contributed by atoms with Gasteiger partial charge in [0.1, 0.15) is 0 Å². The Bertz CT molecular complexity index is 804. The zero-order chi connectivity index (χ0) is 17.5. The van der Waals surface area contributed by atoms with Gasteiger partial charge in [-0.25, -0.2) is 4.99 Å². The van der Waals surface area contributed by atoms with Crippen LogP contribution >= 0.6 is 11.8 Å². The normalized spacial score (nSPS) is 16.4. The largest absolute Gasteiger partial charge is 0.399 e. The van der Waals surface area contributed by atoms with Gasteiger partial charge in [-0.3, -0.25) is 0 Å². The van der Waals surface area contributed by atoms with E-state index < -0.39 is 0 Å². The molecular weight excluding hydrogens is 328 g/mol. The third-order valence-electron chi connectivity index (χ3n) is 3.86. The van der Waals surface area contributed by atoms with E-state index in [1.54, 1.807) is 11.8 Å². The van der Waals surface area contributed by atoms with Gasteiger partial charge in [-0.15, -0.1) is 0 Å². The summed E-state index contributed by atoms with van der Waals surface area (Å²) in [4.78, 5) is 4.83. The highest BCUT2D eigenvalue weighted by Crippen LogP contribution is 2.29. The van der Waals surface area contributed by atoms with Crippen LogP contribution in [-0.4, -0.2) is 10.9 Å². The summed E-state index contributed by atoms with van der Waals surface area (Å²) in [6.45, 7) is 0. The molecule has 3 rings (SSSR count). The Morgan fingerprint density at radius 1 is 1.12 bits per heavy atom. The number of rotatable bonds is 5. The summed E-state index contributed by atoms with van der Waals surface area (Å²) in [5.41, 5.74) is 9.83. The number of nitrogens with one attached hydrogen (secondary N) is 1. The summed E-state index contributed by atoms with van der Waals surface area (Å²) in [6.07, 6.45) is 3.57. The predicted octanol–water partition coefficient (Wildman–Crippen LogP) is 4.35. The summed E-state index contributed by atoms with van der Waals surface area (Å²) in [7, 11) is 0. The topological polar surface area (TPSA) is 74.2 Å². The smallest absolute Gasteiger partial charge is 0.161 e. The average Bonchev–Trinajstić information content (AvgIpc) is 2.66. The number of thioether (sulfide) groups is 1. The lowest BCUT2D eigenvalue weighted by Gasteiger charge is -2.22. The number of anilines is 1. The number of nitrogens with two attached hydrogens (primary N) is 1. The molecule has 1 heterocycles. The molecule has 0 fully saturated rings. The van der Waals surface area contributed by atoms with Gasteiger partial charge in [-0.2, -0.15) is 5.26 Å². The lowest BCUT2D eigenvalue weighted by Crippen LogP contribution is -2.24. The molecular formula is C20H20N4S. The standard InChI is InChI=1S/C20H20N4S/c21-12-4-5-13-25-20-23-18(15-6-2-1-3-7-15)14-19(24-20)16-8-10-17(22)11-9-16/h1-3,6-11,14,18H,4-5,13,22H2,(H,23,24). The van der Waals surface area contributed by atoms with Gasteiger partial charge in [0.15, 0.2) is 5.17 Å². The summed E-state index contributed by atoms with van der Waals surface area (Å²) < 4.78 is 0. The molecule has 4 nitrogen and oxygen atoms in total. The first-order valence-corrected chi connectivity index (χ1v) is 9.22. The number of nitriles is 1. The summed E-state index contributed by atoms with van der Waals surface area (Å²) in [6, 6.07) is 20.3. The fraction of sp³-hybridized carbons (Fsp3) is 0.200. The van der Waals surface area contributed by atoms with Crippen LogP contribution in [0.3, 0.4) is 0 Å². The van der Waals surface area contributed by atoms with E-state index >= 15 is 0 Å². The van der Waals surface area contributed by atoms with Gasteiger partial charge >= 0.3 is 0 Å². The van der Waals surface area contributed by atoms with Crippen molar-refractivity contribution < 1.29 is 0 Å². The lowest BCUT2D eigenvalue weighted by molar-refractivity contribution is 0.887. The fourth-order valence-corrected chi connectivity index (χ4v) is 3.41. The number of amidine groups is 1. The Balaban J connectivity index is 1.84. The van der Waals surface area contributed by atoms with E-state index in [2.05, 4.69) is 29.6 Å². The van der Waals surface area contributed by atoms with E-state index in [9.17, 15) is 0 Å². The van der Waals surface area contributed by atoms with Gasteiger partial charge in [0.25, 0.3) is 0 Å². The second-order valence-corrected chi connectivity index (χ2v) is 6.81. The minimum Gasteiger partial charge on any atom is -0.399 e. The summed E-state index contributed by atoms with van der Waals surface area (Å²) >= 11 is 1.66. The number of hydrogen-bond acceptors (Lipinski definition) is 5. The van der Waals surface area contributed by atoms with E-state index in [-0.39, 0.29) is 6.04 Å². The van der Waals surface area contributed by atoms with Crippen LogP contribution in [0, 0.1) is 11.3 Å². The maximum absolute atomic E-state index is 8.68. The number of aliphatic imine (C=N–C) groups is 1. The van der Waals surface area contributed by atoms with Crippen LogP contribution in [0.2, 0.25) is 0 Å². The first-order chi connectivity index (χ1) is 12.3. The van der Waals surface area contributed by atoms with Gasteiger partial charge < -0.3 is 11.1 Å². The molecule has 0 spiro atoms. The molecule has 1 atom stereocenters. The molecule has 0 amide bonds. The first kappa shape index (κ1) is 17.1. The average molecular weight is 348 g/mol. The van der Waals surface area contributed by atoms with Crippen LogP contribution < -0.4 is 11.1 Å². The Labute approximate surface area is 152 Å². The molecule has 25 heavy (non-hydrogen) atoms.